The summed E-state index contributed by atoms with van der Waals surface area (Å²) in [6.07, 6.45) is -0.154. The van der Waals surface area contributed by atoms with Crippen LogP contribution in [0.3, 0.4) is 0 Å². The zero-order valence-corrected chi connectivity index (χ0v) is 10.3. The van der Waals surface area contributed by atoms with Crippen molar-refractivity contribution in [2.45, 2.75) is 26.6 Å². The first-order valence-electron chi connectivity index (χ1n) is 5.95. The lowest BCUT2D eigenvalue weighted by molar-refractivity contribution is -0.142. The number of ether oxygens (including phenoxy) is 2. The van der Waals surface area contributed by atoms with E-state index in [1.54, 1.807) is 0 Å². The van der Waals surface area contributed by atoms with Gasteiger partial charge < -0.3 is 20.1 Å². The molecule has 1 aliphatic rings. The quantitative estimate of drug-likeness (QED) is 0.599. The van der Waals surface area contributed by atoms with Crippen LogP contribution in [0.25, 0.3) is 0 Å². The average Bonchev–Trinajstić information content (AvgIpc) is 2.73. The van der Waals surface area contributed by atoms with Crippen LogP contribution >= 0.6 is 0 Å². The maximum absolute atomic E-state index is 11.7. The van der Waals surface area contributed by atoms with E-state index in [0.29, 0.717) is 26.3 Å². The first kappa shape index (κ1) is 13.9. The average molecular weight is 244 g/mol. The lowest BCUT2D eigenvalue weighted by atomic mass is 10.1. The van der Waals surface area contributed by atoms with Crippen molar-refractivity contribution in [3.63, 3.8) is 0 Å². The molecule has 1 unspecified atom stereocenters. The molecule has 0 spiro atoms. The monoisotopic (exact) mass is 244 g/mol. The number of amides is 2. The Kier molecular flexibility index (Phi) is 5.93. The standard InChI is InChI=1S/C11H20N2O4/c1-3-16-10(17-4-2)7-13-11(15)8-5-9(14)12-6-8/h8,10H,3-7H2,1-2H3,(H,12,14)(H,13,15). The first-order chi connectivity index (χ1) is 8.17. The topological polar surface area (TPSA) is 76.7 Å². The summed E-state index contributed by atoms with van der Waals surface area (Å²) >= 11 is 0. The lowest BCUT2D eigenvalue weighted by Crippen LogP contribution is -2.39. The molecule has 0 aromatic carbocycles. The molecule has 0 saturated carbocycles. The van der Waals surface area contributed by atoms with E-state index >= 15 is 0 Å². The largest absolute Gasteiger partial charge is 0.355 e. The third-order valence-electron chi connectivity index (χ3n) is 2.50. The van der Waals surface area contributed by atoms with Gasteiger partial charge in [0, 0.05) is 26.2 Å². The number of hydrogen-bond donors (Lipinski definition) is 2. The van der Waals surface area contributed by atoms with Crippen LogP contribution in [-0.2, 0) is 19.1 Å². The fourth-order valence-electron chi connectivity index (χ4n) is 1.66. The second-order valence-electron chi connectivity index (χ2n) is 3.79. The van der Waals surface area contributed by atoms with E-state index in [1.807, 2.05) is 13.8 Å². The van der Waals surface area contributed by atoms with E-state index < -0.39 is 6.29 Å². The summed E-state index contributed by atoms with van der Waals surface area (Å²) in [5, 5.41) is 5.36. The molecule has 0 aromatic heterocycles. The van der Waals surface area contributed by atoms with Gasteiger partial charge >= 0.3 is 0 Å². The Hall–Kier alpha value is -1.14. The summed E-state index contributed by atoms with van der Waals surface area (Å²) < 4.78 is 10.6. The molecule has 17 heavy (non-hydrogen) atoms. The maximum atomic E-state index is 11.7. The Morgan fingerprint density at radius 2 is 2.12 bits per heavy atom. The molecule has 6 heteroatoms. The van der Waals surface area contributed by atoms with Gasteiger partial charge in [0.2, 0.25) is 11.8 Å². The van der Waals surface area contributed by atoms with Crippen molar-refractivity contribution in [3.05, 3.63) is 0 Å². The molecule has 6 nitrogen and oxygen atoms in total. The summed E-state index contributed by atoms with van der Waals surface area (Å²) in [6.45, 7) is 5.53. The lowest BCUT2D eigenvalue weighted by Gasteiger charge is -2.18. The highest BCUT2D eigenvalue weighted by molar-refractivity contribution is 5.89. The molecule has 0 aromatic rings. The van der Waals surface area contributed by atoms with E-state index in [0.717, 1.165) is 0 Å². The van der Waals surface area contributed by atoms with Crippen molar-refractivity contribution >= 4 is 11.8 Å². The zero-order valence-electron chi connectivity index (χ0n) is 10.3. The highest BCUT2D eigenvalue weighted by Crippen LogP contribution is 2.08. The van der Waals surface area contributed by atoms with Crippen LogP contribution in [0.5, 0.6) is 0 Å². The van der Waals surface area contributed by atoms with E-state index in [2.05, 4.69) is 10.6 Å². The molecule has 2 amide bonds. The van der Waals surface area contributed by atoms with E-state index in [1.165, 1.54) is 0 Å². The number of hydrogen-bond acceptors (Lipinski definition) is 4. The molecular formula is C11H20N2O4. The third-order valence-corrected chi connectivity index (χ3v) is 2.50. The Morgan fingerprint density at radius 1 is 1.47 bits per heavy atom. The SMILES string of the molecule is CCOC(CNC(=O)C1CNC(=O)C1)OCC. The van der Waals surface area contributed by atoms with Gasteiger partial charge in [-0.3, -0.25) is 9.59 Å². The Labute approximate surface area is 101 Å². The predicted octanol–water partition coefficient (Wildman–Crippen LogP) is -0.362. The van der Waals surface area contributed by atoms with Crippen molar-refractivity contribution in [1.82, 2.24) is 10.6 Å². The Bertz CT molecular complexity index is 264. The molecule has 1 saturated heterocycles. The van der Waals surface area contributed by atoms with Crippen LogP contribution in [0.2, 0.25) is 0 Å². The van der Waals surface area contributed by atoms with Crippen molar-refractivity contribution in [1.29, 1.82) is 0 Å². The van der Waals surface area contributed by atoms with E-state index in [4.69, 9.17) is 9.47 Å². The molecular weight excluding hydrogens is 224 g/mol. The van der Waals surface area contributed by atoms with Crippen LogP contribution in [0, 0.1) is 5.92 Å². The number of nitrogens with one attached hydrogen (secondary N) is 2. The maximum Gasteiger partial charge on any atom is 0.225 e. The Balaban J connectivity index is 2.27. The second kappa shape index (κ2) is 7.24. The van der Waals surface area contributed by atoms with Crippen LogP contribution in [0.15, 0.2) is 0 Å². The number of rotatable bonds is 7. The Morgan fingerprint density at radius 3 is 2.59 bits per heavy atom. The molecule has 0 radical (unpaired) electrons. The van der Waals surface area contributed by atoms with Gasteiger partial charge in [-0.15, -0.1) is 0 Å². The summed E-state index contributed by atoms with van der Waals surface area (Å²) in [4.78, 5) is 22.6. The van der Waals surface area contributed by atoms with Crippen molar-refractivity contribution in [2.24, 2.45) is 5.92 Å². The fourth-order valence-corrected chi connectivity index (χ4v) is 1.66. The van der Waals surface area contributed by atoms with Gasteiger partial charge in [-0.05, 0) is 13.8 Å². The van der Waals surface area contributed by atoms with Crippen molar-refractivity contribution in [3.8, 4) is 0 Å². The minimum atomic E-state index is -0.418. The molecule has 0 bridgehead atoms. The molecule has 1 heterocycles. The molecule has 1 fully saturated rings. The summed E-state index contributed by atoms with van der Waals surface area (Å²) in [5.41, 5.74) is 0. The van der Waals surface area contributed by atoms with Crippen LogP contribution in [0.4, 0.5) is 0 Å². The van der Waals surface area contributed by atoms with Crippen molar-refractivity contribution in [2.75, 3.05) is 26.3 Å². The number of carbonyl (C=O) groups is 2. The van der Waals surface area contributed by atoms with Gasteiger partial charge in [0.1, 0.15) is 0 Å². The predicted molar refractivity (Wildman–Crippen MR) is 61.2 cm³/mol. The van der Waals surface area contributed by atoms with E-state index in [-0.39, 0.29) is 24.2 Å². The normalized spacial score (nSPS) is 19.5. The molecule has 98 valence electrons. The van der Waals surface area contributed by atoms with Gasteiger partial charge in [-0.1, -0.05) is 0 Å². The third kappa shape index (κ3) is 4.70. The molecule has 2 N–H and O–H groups in total. The van der Waals surface area contributed by atoms with Gasteiger partial charge in [0.25, 0.3) is 0 Å². The molecule has 1 atom stereocenters. The summed E-state index contributed by atoms with van der Waals surface area (Å²) in [5.74, 6) is -0.476. The fraction of sp³-hybridized carbons (Fsp3) is 0.818. The second-order valence-corrected chi connectivity index (χ2v) is 3.79. The zero-order chi connectivity index (χ0) is 12.7. The van der Waals surface area contributed by atoms with Crippen LogP contribution in [0.1, 0.15) is 20.3 Å². The molecule has 1 aliphatic heterocycles. The van der Waals surface area contributed by atoms with Crippen LogP contribution in [-0.4, -0.2) is 44.4 Å². The highest BCUT2D eigenvalue weighted by atomic mass is 16.7. The number of carbonyl (C=O) groups excluding carboxylic acids is 2. The van der Waals surface area contributed by atoms with Gasteiger partial charge in [-0.2, -0.15) is 0 Å². The van der Waals surface area contributed by atoms with Gasteiger partial charge in [-0.25, -0.2) is 0 Å². The smallest absolute Gasteiger partial charge is 0.225 e. The first-order valence-corrected chi connectivity index (χ1v) is 5.95. The molecule has 1 rings (SSSR count). The summed E-state index contributed by atoms with van der Waals surface area (Å²) in [6, 6.07) is 0. The van der Waals surface area contributed by atoms with Crippen molar-refractivity contribution < 1.29 is 19.1 Å². The minimum Gasteiger partial charge on any atom is -0.355 e. The minimum absolute atomic E-state index is 0.0729. The van der Waals surface area contributed by atoms with E-state index in [9.17, 15) is 9.59 Å². The highest BCUT2D eigenvalue weighted by Gasteiger charge is 2.28. The molecule has 0 aliphatic carbocycles. The van der Waals surface area contributed by atoms with Gasteiger partial charge in [0.15, 0.2) is 6.29 Å². The van der Waals surface area contributed by atoms with Crippen LogP contribution < -0.4 is 10.6 Å². The summed E-state index contributed by atoms with van der Waals surface area (Å²) in [7, 11) is 0. The van der Waals surface area contributed by atoms with Gasteiger partial charge in [0.05, 0.1) is 12.5 Å².